The molecule has 1 heterocycles. The standard InChI is InChI=1S/C18H20N2O5S2/c1-12(13-2-5-15(6-3-13)27(19,22)23)20-18(21)11-26-14-4-7-16-17(10-14)25-9-8-24-16/h2-7,10,12H,8-9,11H2,1H3,(H,20,21)(H2,19,22,23). The van der Waals surface area contributed by atoms with E-state index in [1.807, 2.05) is 25.1 Å². The third-order valence-electron chi connectivity index (χ3n) is 3.97. The molecule has 1 aliphatic rings. The Morgan fingerprint density at radius 2 is 1.81 bits per heavy atom. The smallest absolute Gasteiger partial charge is 0.238 e. The second kappa shape index (κ2) is 8.20. The van der Waals surface area contributed by atoms with E-state index in [4.69, 9.17) is 14.6 Å². The molecule has 0 aliphatic carbocycles. The number of thioether (sulfide) groups is 1. The van der Waals surface area contributed by atoms with Crippen LogP contribution in [0.4, 0.5) is 0 Å². The summed E-state index contributed by atoms with van der Waals surface area (Å²) in [5.74, 6) is 1.53. The molecular weight excluding hydrogens is 388 g/mol. The summed E-state index contributed by atoms with van der Waals surface area (Å²) in [6.45, 7) is 2.89. The first-order valence-electron chi connectivity index (χ1n) is 8.27. The molecule has 144 valence electrons. The van der Waals surface area contributed by atoms with Gasteiger partial charge in [-0.25, -0.2) is 13.6 Å². The molecule has 0 saturated carbocycles. The lowest BCUT2D eigenvalue weighted by Crippen LogP contribution is -2.28. The molecule has 3 rings (SSSR count). The SMILES string of the molecule is CC(NC(=O)CSc1ccc2c(c1)OCCO2)c1ccc(S(N)(=O)=O)cc1. The normalized spacial score (nSPS) is 14.4. The first kappa shape index (κ1) is 19.5. The quantitative estimate of drug-likeness (QED) is 0.709. The van der Waals surface area contributed by atoms with Crippen LogP contribution in [0.5, 0.6) is 11.5 Å². The summed E-state index contributed by atoms with van der Waals surface area (Å²) in [5.41, 5.74) is 0.792. The van der Waals surface area contributed by atoms with Crippen molar-refractivity contribution in [1.82, 2.24) is 5.32 Å². The number of hydrogen-bond acceptors (Lipinski definition) is 6. The van der Waals surface area contributed by atoms with Crippen molar-refractivity contribution in [1.29, 1.82) is 0 Å². The molecular formula is C18H20N2O5S2. The lowest BCUT2D eigenvalue weighted by Gasteiger charge is -2.19. The number of sulfonamides is 1. The second-order valence-electron chi connectivity index (χ2n) is 6.00. The lowest BCUT2D eigenvalue weighted by atomic mass is 10.1. The van der Waals surface area contributed by atoms with Crippen LogP contribution in [0.2, 0.25) is 0 Å². The van der Waals surface area contributed by atoms with Crippen LogP contribution in [0.25, 0.3) is 0 Å². The summed E-state index contributed by atoms with van der Waals surface area (Å²) < 4.78 is 33.6. The van der Waals surface area contributed by atoms with Gasteiger partial charge in [0.05, 0.1) is 16.7 Å². The van der Waals surface area contributed by atoms with Crippen molar-refractivity contribution in [2.24, 2.45) is 5.14 Å². The Kier molecular flexibility index (Phi) is 5.93. The van der Waals surface area contributed by atoms with Gasteiger partial charge < -0.3 is 14.8 Å². The predicted molar refractivity (Wildman–Crippen MR) is 103 cm³/mol. The van der Waals surface area contributed by atoms with E-state index < -0.39 is 10.0 Å². The van der Waals surface area contributed by atoms with Crippen LogP contribution >= 0.6 is 11.8 Å². The van der Waals surface area contributed by atoms with E-state index in [1.165, 1.54) is 23.9 Å². The molecule has 1 amide bonds. The fourth-order valence-corrected chi connectivity index (χ4v) is 3.83. The molecule has 2 aromatic rings. The average molecular weight is 409 g/mol. The summed E-state index contributed by atoms with van der Waals surface area (Å²) in [7, 11) is -3.72. The highest BCUT2D eigenvalue weighted by atomic mass is 32.2. The van der Waals surface area contributed by atoms with Gasteiger partial charge in [0, 0.05) is 4.90 Å². The van der Waals surface area contributed by atoms with Crippen LogP contribution in [0.3, 0.4) is 0 Å². The van der Waals surface area contributed by atoms with Gasteiger partial charge in [-0.2, -0.15) is 0 Å². The molecule has 0 bridgehead atoms. The van der Waals surface area contributed by atoms with E-state index in [0.29, 0.717) is 24.7 Å². The van der Waals surface area contributed by atoms with Crippen LogP contribution in [-0.2, 0) is 14.8 Å². The van der Waals surface area contributed by atoms with E-state index in [-0.39, 0.29) is 22.6 Å². The maximum atomic E-state index is 12.2. The van der Waals surface area contributed by atoms with Crippen molar-refractivity contribution in [3.63, 3.8) is 0 Å². The number of carbonyl (C=O) groups is 1. The Balaban J connectivity index is 1.54. The van der Waals surface area contributed by atoms with Crippen LogP contribution in [0, 0.1) is 0 Å². The van der Waals surface area contributed by atoms with Gasteiger partial charge in [-0.05, 0) is 42.8 Å². The first-order chi connectivity index (χ1) is 12.8. The zero-order chi connectivity index (χ0) is 19.4. The van der Waals surface area contributed by atoms with Gasteiger partial charge in [0.25, 0.3) is 0 Å². The number of ether oxygens (including phenoxy) is 2. The van der Waals surface area contributed by atoms with E-state index in [0.717, 1.165) is 10.5 Å². The number of rotatable bonds is 6. The monoisotopic (exact) mass is 408 g/mol. The third-order valence-corrected chi connectivity index (χ3v) is 5.89. The van der Waals surface area contributed by atoms with Crippen molar-refractivity contribution in [2.45, 2.75) is 22.8 Å². The topological polar surface area (TPSA) is 108 Å². The first-order valence-corrected chi connectivity index (χ1v) is 10.8. The van der Waals surface area contributed by atoms with Gasteiger partial charge >= 0.3 is 0 Å². The number of amides is 1. The number of hydrogen-bond donors (Lipinski definition) is 2. The van der Waals surface area contributed by atoms with Gasteiger partial charge in [-0.1, -0.05) is 12.1 Å². The summed E-state index contributed by atoms with van der Waals surface area (Å²) >= 11 is 1.40. The van der Waals surface area contributed by atoms with Gasteiger partial charge in [-0.15, -0.1) is 11.8 Å². The highest BCUT2D eigenvalue weighted by molar-refractivity contribution is 8.00. The average Bonchev–Trinajstić information content (AvgIpc) is 2.65. The maximum absolute atomic E-state index is 12.2. The number of fused-ring (bicyclic) bond motifs is 1. The van der Waals surface area contributed by atoms with Gasteiger partial charge in [0.15, 0.2) is 11.5 Å². The molecule has 0 saturated heterocycles. The van der Waals surface area contributed by atoms with Crippen LogP contribution in [0.1, 0.15) is 18.5 Å². The van der Waals surface area contributed by atoms with E-state index >= 15 is 0 Å². The molecule has 7 nitrogen and oxygen atoms in total. The molecule has 0 aromatic heterocycles. The highest BCUT2D eigenvalue weighted by Crippen LogP contribution is 2.34. The van der Waals surface area contributed by atoms with Crippen molar-refractivity contribution in [3.8, 4) is 11.5 Å². The largest absolute Gasteiger partial charge is 0.486 e. The fraction of sp³-hybridized carbons (Fsp3) is 0.278. The summed E-state index contributed by atoms with van der Waals surface area (Å²) in [4.78, 5) is 13.2. The summed E-state index contributed by atoms with van der Waals surface area (Å²) in [5, 5.41) is 7.97. The van der Waals surface area contributed by atoms with Crippen LogP contribution in [-0.4, -0.2) is 33.3 Å². The molecule has 2 aromatic carbocycles. The Morgan fingerprint density at radius 3 is 2.48 bits per heavy atom. The summed E-state index contributed by atoms with van der Waals surface area (Å²) in [6, 6.07) is 11.5. The van der Waals surface area contributed by atoms with E-state index in [1.54, 1.807) is 12.1 Å². The Morgan fingerprint density at radius 1 is 1.15 bits per heavy atom. The van der Waals surface area contributed by atoms with Crippen molar-refractivity contribution >= 4 is 27.7 Å². The maximum Gasteiger partial charge on any atom is 0.238 e. The molecule has 3 N–H and O–H groups in total. The van der Waals surface area contributed by atoms with Gasteiger partial charge in [0.2, 0.25) is 15.9 Å². The number of carbonyl (C=O) groups excluding carboxylic acids is 1. The second-order valence-corrected chi connectivity index (χ2v) is 8.61. The lowest BCUT2D eigenvalue weighted by molar-refractivity contribution is -0.119. The predicted octanol–water partition coefficient (Wildman–Crippen LogP) is 2.07. The van der Waals surface area contributed by atoms with Crippen LogP contribution in [0.15, 0.2) is 52.3 Å². The molecule has 0 fully saturated rings. The van der Waals surface area contributed by atoms with Crippen molar-refractivity contribution in [2.75, 3.05) is 19.0 Å². The van der Waals surface area contributed by atoms with E-state index in [9.17, 15) is 13.2 Å². The molecule has 9 heteroatoms. The molecule has 27 heavy (non-hydrogen) atoms. The Labute approximate surface area is 162 Å². The Bertz CT molecular complexity index is 929. The van der Waals surface area contributed by atoms with Crippen molar-refractivity contribution in [3.05, 3.63) is 48.0 Å². The van der Waals surface area contributed by atoms with Gasteiger partial charge in [-0.3, -0.25) is 4.79 Å². The molecule has 1 unspecified atom stereocenters. The zero-order valence-electron chi connectivity index (χ0n) is 14.7. The van der Waals surface area contributed by atoms with Crippen molar-refractivity contribution < 1.29 is 22.7 Å². The minimum Gasteiger partial charge on any atom is -0.486 e. The third kappa shape index (κ3) is 5.15. The number of nitrogens with two attached hydrogens (primary N) is 1. The van der Waals surface area contributed by atoms with Crippen LogP contribution < -0.4 is 19.9 Å². The summed E-state index contributed by atoms with van der Waals surface area (Å²) in [6.07, 6.45) is 0. The fourth-order valence-electron chi connectivity index (χ4n) is 2.58. The molecule has 0 spiro atoms. The van der Waals surface area contributed by atoms with E-state index in [2.05, 4.69) is 5.32 Å². The molecule has 1 aliphatic heterocycles. The number of primary sulfonamides is 1. The minimum atomic E-state index is -3.72. The zero-order valence-corrected chi connectivity index (χ0v) is 16.3. The van der Waals surface area contributed by atoms with Gasteiger partial charge in [0.1, 0.15) is 13.2 Å². The molecule has 0 radical (unpaired) electrons. The highest BCUT2D eigenvalue weighted by Gasteiger charge is 2.14. The Hall–Kier alpha value is -2.23. The number of benzene rings is 2. The minimum absolute atomic E-state index is 0.0407. The molecule has 1 atom stereocenters. The number of nitrogens with one attached hydrogen (secondary N) is 1.